The standard InChI is InChI=1S/C12H16BrClN2O2S/c1-15-8-10-3-2-6-16(10)19(17,18)12-5-4-9(14)7-11(12)13/h4-5,7,10,15H,2-3,6,8H2,1H3. The van der Waals surface area contributed by atoms with Crippen LogP contribution in [0.4, 0.5) is 0 Å². The van der Waals surface area contributed by atoms with Crippen molar-refractivity contribution in [2.75, 3.05) is 20.1 Å². The fourth-order valence-electron chi connectivity index (χ4n) is 2.38. The summed E-state index contributed by atoms with van der Waals surface area (Å²) >= 11 is 9.14. The van der Waals surface area contributed by atoms with Crippen molar-refractivity contribution >= 4 is 37.6 Å². The highest BCUT2D eigenvalue weighted by atomic mass is 79.9. The zero-order valence-electron chi connectivity index (χ0n) is 10.6. The van der Waals surface area contributed by atoms with Crippen LogP contribution >= 0.6 is 27.5 Å². The topological polar surface area (TPSA) is 49.4 Å². The average molecular weight is 368 g/mol. The Kier molecular flexibility index (Phi) is 4.89. The first-order valence-electron chi connectivity index (χ1n) is 6.08. The highest BCUT2D eigenvalue weighted by molar-refractivity contribution is 9.10. The molecule has 1 aromatic rings. The molecule has 2 rings (SSSR count). The van der Waals surface area contributed by atoms with E-state index in [9.17, 15) is 8.42 Å². The molecular formula is C12H16BrClN2O2S. The molecule has 1 fully saturated rings. The van der Waals surface area contributed by atoms with Gasteiger partial charge in [-0.15, -0.1) is 0 Å². The molecule has 0 amide bonds. The maximum atomic E-state index is 12.7. The number of halogens is 2. The second-order valence-corrected chi connectivity index (χ2v) is 7.69. The van der Waals surface area contributed by atoms with Crippen LogP contribution in [0.2, 0.25) is 5.02 Å². The first-order chi connectivity index (χ1) is 8.96. The Hall–Kier alpha value is -0.140. The first-order valence-corrected chi connectivity index (χ1v) is 8.69. The van der Waals surface area contributed by atoms with Crippen molar-refractivity contribution in [2.45, 2.75) is 23.8 Å². The molecule has 1 N–H and O–H groups in total. The van der Waals surface area contributed by atoms with Gasteiger partial charge in [0.15, 0.2) is 0 Å². The molecule has 1 atom stereocenters. The Labute approximate surface area is 127 Å². The summed E-state index contributed by atoms with van der Waals surface area (Å²) in [5.41, 5.74) is 0. The van der Waals surface area contributed by atoms with E-state index in [1.165, 1.54) is 0 Å². The third kappa shape index (κ3) is 3.13. The summed E-state index contributed by atoms with van der Waals surface area (Å²) in [6.07, 6.45) is 1.79. The highest BCUT2D eigenvalue weighted by Crippen LogP contribution is 2.31. The van der Waals surface area contributed by atoms with Gasteiger partial charge in [-0.1, -0.05) is 11.6 Å². The molecule has 7 heteroatoms. The van der Waals surface area contributed by atoms with Gasteiger partial charge in [0.2, 0.25) is 10.0 Å². The molecule has 0 radical (unpaired) electrons. The smallest absolute Gasteiger partial charge is 0.244 e. The molecule has 0 saturated carbocycles. The minimum Gasteiger partial charge on any atom is -0.318 e. The van der Waals surface area contributed by atoms with Gasteiger partial charge in [-0.2, -0.15) is 4.31 Å². The summed E-state index contributed by atoms with van der Waals surface area (Å²) in [6.45, 7) is 1.24. The highest BCUT2D eigenvalue weighted by Gasteiger charge is 2.35. The Morgan fingerprint density at radius 3 is 2.89 bits per heavy atom. The van der Waals surface area contributed by atoms with Crippen molar-refractivity contribution in [3.63, 3.8) is 0 Å². The van der Waals surface area contributed by atoms with Crippen LogP contribution in [-0.4, -0.2) is 38.9 Å². The van der Waals surface area contributed by atoms with E-state index in [-0.39, 0.29) is 10.9 Å². The molecule has 19 heavy (non-hydrogen) atoms. The van der Waals surface area contributed by atoms with E-state index in [1.807, 2.05) is 7.05 Å². The zero-order valence-corrected chi connectivity index (χ0v) is 13.7. The van der Waals surface area contributed by atoms with E-state index in [0.29, 0.717) is 22.6 Å². The number of hydrogen-bond acceptors (Lipinski definition) is 3. The molecule has 1 aromatic carbocycles. The molecule has 1 heterocycles. The van der Waals surface area contributed by atoms with Crippen molar-refractivity contribution in [1.82, 2.24) is 9.62 Å². The molecule has 1 saturated heterocycles. The van der Waals surface area contributed by atoms with E-state index in [4.69, 9.17) is 11.6 Å². The molecule has 4 nitrogen and oxygen atoms in total. The zero-order chi connectivity index (χ0) is 14.0. The van der Waals surface area contributed by atoms with Crippen molar-refractivity contribution in [3.8, 4) is 0 Å². The van der Waals surface area contributed by atoms with Crippen molar-refractivity contribution in [3.05, 3.63) is 27.7 Å². The van der Waals surface area contributed by atoms with Gasteiger partial charge in [0.05, 0.1) is 4.90 Å². The van der Waals surface area contributed by atoms with Gasteiger partial charge in [0.1, 0.15) is 0 Å². The van der Waals surface area contributed by atoms with Crippen LogP contribution in [-0.2, 0) is 10.0 Å². The van der Waals surface area contributed by atoms with Crippen LogP contribution in [0.3, 0.4) is 0 Å². The Morgan fingerprint density at radius 1 is 1.53 bits per heavy atom. The fourth-order valence-corrected chi connectivity index (χ4v) is 5.41. The van der Waals surface area contributed by atoms with E-state index in [1.54, 1.807) is 22.5 Å². The molecule has 0 aliphatic carbocycles. The number of nitrogens with one attached hydrogen (secondary N) is 1. The Balaban J connectivity index is 2.36. The van der Waals surface area contributed by atoms with Gasteiger partial charge in [0.25, 0.3) is 0 Å². The van der Waals surface area contributed by atoms with Gasteiger partial charge < -0.3 is 5.32 Å². The fraction of sp³-hybridized carbons (Fsp3) is 0.500. The minimum absolute atomic E-state index is 0.0255. The number of sulfonamides is 1. The lowest BCUT2D eigenvalue weighted by molar-refractivity contribution is 0.379. The molecule has 106 valence electrons. The Bertz CT molecular complexity index is 565. The summed E-state index contributed by atoms with van der Waals surface area (Å²) in [4.78, 5) is 0.278. The summed E-state index contributed by atoms with van der Waals surface area (Å²) in [7, 11) is -1.64. The minimum atomic E-state index is -3.47. The summed E-state index contributed by atoms with van der Waals surface area (Å²) in [5, 5.41) is 3.56. The van der Waals surface area contributed by atoms with Crippen molar-refractivity contribution in [2.24, 2.45) is 0 Å². The van der Waals surface area contributed by atoms with E-state index >= 15 is 0 Å². The van der Waals surface area contributed by atoms with Crippen LogP contribution < -0.4 is 5.32 Å². The summed E-state index contributed by atoms with van der Waals surface area (Å²) in [6, 6.07) is 4.79. The van der Waals surface area contributed by atoms with Crippen LogP contribution in [0.15, 0.2) is 27.6 Å². The van der Waals surface area contributed by atoms with Gasteiger partial charge in [-0.3, -0.25) is 0 Å². The monoisotopic (exact) mass is 366 g/mol. The van der Waals surface area contributed by atoms with Crippen LogP contribution in [0.5, 0.6) is 0 Å². The maximum absolute atomic E-state index is 12.7. The second kappa shape index (κ2) is 6.10. The maximum Gasteiger partial charge on any atom is 0.244 e. The number of hydrogen-bond donors (Lipinski definition) is 1. The van der Waals surface area contributed by atoms with Gasteiger partial charge in [-0.25, -0.2) is 8.42 Å². The molecule has 0 spiro atoms. The molecule has 0 aromatic heterocycles. The Morgan fingerprint density at radius 2 is 2.26 bits per heavy atom. The van der Waals surface area contributed by atoms with Crippen LogP contribution in [0, 0.1) is 0 Å². The number of rotatable bonds is 4. The van der Waals surface area contributed by atoms with E-state index in [2.05, 4.69) is 21.2 Å². The van der Waals surface area contributed by atoms with Crippen LogP contribution in [0.25, 0.3) is 0 Å². The average Bonchev–Trinajstić information content (AvgIpc) is 2.78. The first kappa shape index (κ1) is 15.3. The quantitative estimate of drug-likeness (QED) is 0.889. The largest absolute Gasteiger partial charge is 0.318 e. The lowest BCUT2D eigenvalue weighted by Gasteiger charge is -2.24. The second-order valence-electron chi connectivity index (χ2n) is 4.54. The molecule has 1 aliphatic heterocycles. The third-order valence-corrected chi connectivity index (χ3v) is 6.41. The SMILES string of the molecule is CNCC1CCCN1S(=O)(=O)c1ccc(Cl)cc1Br. The van der Waals surface area contributed by atoms with Gasteiger partial charge in [0, 0.05) is 28.6 Å². The predicted molar refractivity (Wildman–Crippen MR) is 80.0 cm³/mol. The normalized spacial score (nSPS) is 20.9. The van der Waals surface area contributed by atoms with Crippen LogP contribution in [0.1, 0.15) is 12.8 Å². The van der Waals surface area contributed by atoms with Gasteiger partial charge >= 0.3 is 0 Å². The summed E-state index contributed by atoms with van der Waals surface area (Å²) < 4.78 is 27.4. The molecule has 0 bridgehead atoms. The molecular weight excluding hydrogens is 352 g/mol. The molecule has 1 unspecified atom stereocenters. The summed E-state index contributed by atoms with van der Waals surface area (Å²) in [5.74, 6) is 0. The number of likely N-dealkylation sites (N-methyl/N-ethyl adjacent to an activating group) is 1. The van der Waals surface area contributed by atoms with Gasteiger partial charge in [-0.05, 0) is 54.0 Å². The predicted octanol–water partition coefficient (Wildman–Crippen LogP) is 2.48. The number of benzene rings is 1. The van der Waals surface area contributed by atoms with Crippen molar-refractivity contribution in [1.29, 1.82) is 0 Å². The lowest BCUT2D eigenvalue weighted by atomic mass is 10.2. The van der Waals surface area contributed by atoms with Crippen molar-refractivity contribution < 1.29 is 8.42 Å². The third-order valence-electron chi connectivity index (χ3n) is 3.24. The molecule has 1 aliphatic rings. The van der Waals surface area contributed by atoms with E-state index < -0.39 is 10.0 Å². The number of nitrogens with zero attached hydrogens (tertiary/aromatic N) is 1. The van der Waals surface area contributed by atoms with E-state index in [0.717, 1.165) is 12.8 Å². The lowest BCUT2D eigenvalue weighted by Crippen LogP contribution is -2.40.